The van der Waals surface area contributed by atoms with Gasteiger partial charge in [0.15, 0.2) is 0 Å². The molecule has 26 heavy (non-hydrogen) atoms. The maximum absolute atomic E-state index is 12.9. The summed E-state index contributed by atoms with van der Waals surface area (Å²) in [6.45, 7) is 3.63. The number of oxazole rings is 1. The number of hydrogen-bond acceptors (Lipinski definition) is 5. The number of esters is 1. The molecular formula is C20H16FNO4. The Kier molecular flexibility index (Phi) is 4.84. The number of hydrogen-bond donors (Lipinski definition) is 1. The summed E-state index contributed by atoms with van der Waals surface area (Å²) < 4.78 is 23.3. The first-order valence-electron chi connectivity index (χ1n) is 7.84. The van der Waals surface area contributed by atoms with E-state index in [2.05, 4.69) is 4.98 Å². The van der Waals surface area contributed by atoms with Crippen LogP contribution in [0.25, 0.3) is 12.2 Å². The fourth-order valence-electron chi connectivity index (χ4n) is 2.37. The van der Waals surface area contributed by atoms with Crippen molar-refractivity contribution in [3.8, 4) is 11.5 Å². The zero-order valence-electron chi connectivity index (χ0n) is 14.2. The molecule has 0 fully saturated rings. The van der Waals surface area contributed by atoms with E-state index in [1.54, 1.807) is 12.2 Å². The summed E-state index contributed by atoms with van der Waals surface area (Å²) >= 11 is 0. The minimum atomic E-state index is -0.722. The third-order valence-electron chi connectivity index (χ3n) is 3.68. The molecule has 0 unspecified atom stereocenters. The standard InChI is InChI=1S/C20H16FNO4/c1-12-9-14(10-13(2)19(12)23)3-8-18-22-11-17(26-18)20(24)25-16-6-4-15(21)5-7-16/h3-11,23H,1-2H3. The van der Waals surface area contributed by atoms with E-state index < -0.39 is 11.8 Å². The lowest BCUT2D eigenvalue weighted by molar-refractivity contribution is 0.0700. The van der Waals surface area contributed by atoms with Crippen LogP contribution in [0.15, 0.2) is 47.0 Å². The van der Waals surface area contributed by atoms with Crippen LogP contribution in [0.5, 0.6) is 11.5 Å². The zero-order chi connectivity index (χ0) is 18.7. The van der Waals surface area contributed by atoms with Gasteiger partial charge in [-0.3, -0.25) is 0 Å². The summed E-state index contributed by atoms with van der Waals surface area (Å²) in [5.74, 6) is -0.493. The van der Waals surface area contributed by atoms with E-state index in [-0.39, 0.29) is 23.1 Å². The summed E-state index contributed by atoms with van der Waals surface area (Å²) in [5.41, 5.74) is 2.40. The summed E-state index contributed by atoms with van der Waals surface area (Å²) in [7, 11) is 0. The van der Waals surface area contributed by atoms with Gasteiger partial charge in [0.05, 0.1) is 6.20 Å². The van der Waals surface area contributed by atoms with E-state index in [1.807, 2.05) is 26.0 Å². The molecule has 2 aromatic carbocycles. The van der Waals surface area contributed by atoms with Gasteiger partial charge in [-0.05, 0) is 73.0 Å². The average molecular weight is 353 g/mol. The Morgan fingerprint density at radius 2 is 1.81 bits per heavy atom. The first kappa shape index (κ1) is 17.4. The lowest BCUT2D eigenvalue weighted by Gasteiger charge is -2.04. The predicted molar refractivity (Wildman–Crippen MR) is 94.4 cm³/mol. The van der Waals surface area contributed by atoms with Crippen molar-refractivity contribution in [2.24, 2.45) is 0 Å². The van der Waals surface area contributed by atoms with E-state index in [4.69, 9.17) is 9.15 Å². The van der Waals surface area contributed by atoms with Gasteiger partial charge in [0.25, 0.3) is 0 Å². The van der Waals surface area contributed by atoms with Crippen LogP contribution in [0.3, 0.4) is 0 Å². The number of rotatable bonds is 4. The molecule has 1 aromatic heterocycles. The second-order valence-corrected chi connectivity index (χ2v) is 5.74. The Labute approximate surface area is 149 Å². The molecule has 5 nitrogen and oxygen atoms in total. The number of carbonyl (C=O) groups is 1. The van der Waals surface area contributed by atoms with Gasteiger partial charge in [0, 0.05) is 6.08 Å². The van der Waals surface area contributed by atoms with Crippen molar-refractivity contribution >= 4 is 18.1 Å². The van der Waals surface area contributed by atoms with Gasteiger partial charge in [-0.2, -0.15) is 0 Å². The fraction of sp³-hybridized carbons (Fsp3) is 0.100. The lowest BCUT2D eigenvalue weighted by atomic mass is 10.1. The van der Waals surface area contributed by atoms with Crippen molar-refractivity contribution in [2.45, 2.75) is 13.8 Å². The van der Waals surface area contributed by atoms with Crippen LogP contribution in [0, 0.1) is 19.7 Å². The lowest BCUT2D eigenvalue weighted by Crippen LogP contribution is -2.07. The second kappa shape index (κ2) is 7.23. The monoisotopic (exact) mass is 353 g/mol. The normalized spacial score (nSPS) is 11.0. The average Bonchev–Trinajstić information content (AvgIpc) is 3.09. The smallest absolute Gasteiger partial charge is 0.381 e. The maximum atomic E-state index is 12.9. The van der Waals surface area contributed by atoms with Crippen LogP contribution in [0.4, 0.5) is 4.39 Å². The highest BCUT2D eigenvalue weighted by Gasteiger charge is 2.14. The number of aromatic hydroxyl groups is 1. The molecule has 0 spiro atoms. The maximum Gasteiger partial charge on any atom is 0.381 e. The fourth-order valence-corrected chi connectivity index (χ4v) is 2.37. The first-order valence-corrected chi connectivity index (χ1v) is 7.84. The van der Waals surface area contributed by atoms with E-state index in [0.717, 1.165) is 16.7 Å². The molecule has 0 bridgehead atoms. The SMILES string of the molecule is Cc1cc(C=Cc2ncc(C(=O)Oc3ccc(F)cc3)o2)cc(C)c1O. The number of aryl methyl sites for hydroxylation is 2. The van der Waals surface area contributed by atoms with Gasteiger partial charge in [-0.25, -0.2) is 14.2 Å². The molecule has 0 saturated carbocycles. The van der Waals surface area contributed by atoms with Crippen molar-refractivity contribution < 1.29 is 23.4 Å². The number of halogens is 1. The molecule has 0 aliphatic carbocycles. The molecule has 1 N–H and O–H groups in total. The first-order chi connectivity index (χ1) is 12.4. The van der Waals surface area contributed by atoms with E-state index in [0.29, 0.717) is 0 Å². The number of phenols is 1. The van der Waals surface area contributed by atoms with Crippen molar-refractivity contribution in [1.82, 2.24) is 4.98 Å². The van der Waals surface area contributed by atoms with Crippen LogP contribution < -0.4 is 4.74 Å². The molecule has 0 aliphatic rings. The second-order valence-electron chi connectivity index (χ2n) is 5.74. The molecule has 132 valence electrons. The van der Waals surface area contributed by atoms with Crippen LogP contribution >= 0.6 is 0 Å². The number of carbonyl (C=O) groups excluding carboxylic acids is 1. The summed E-state index contributed by atoms with van der Waals surface area (Å²) in [5, 5.41) is 9.79. The quantitative estimate of drug-likeness (QED) is 0.551. The topological polar surface area (TPSA) is 72.6 Å². The molecule has 0 saturated heterocycles. The van der Waals surface area contributed by atoms with Crippen LogP contribution in [-0.2, 0) is 0 Å². The summed E-state index contributed by atoms with van der Waals surface area (Å²) in [4.78, 5) is 16.0. The van der Waals surface area contributed by atoms with E-state index >= 15 is 0 Å². The van der Waals surface area contributed by atoms with E-state index in [9.17, 15) is 14.3 Å². The van der Waals surface area contributed by atoms with Gasteiger partial charge >= 0.3 is 5.97 Å². The van der Waals surface area contributed by atoms with E-state index in [1.165, 1.54) is 30.5 Å². The Morgan fingerprint density at radius 3 is 2.46 bits per heavy atom. The van der Waals surface area contributed by atoms with Crippen molar-refractivity contribution in [3.05, 3.63) is 76.8 Å². The van der Waals surface area contributed by atoms with Crippen molar-refractivity contribution in [2.75, 3.05) is 0 Å². The molecule has 0 atom stereocenters. The van der Waals surface area contributed by atoms with Gasteiger partial charge in [-0.15, -0.1) is 0 Å². The molecule has 0 aliphatic heterocycles. The Balaban J connectivity index is 1.71. The summed E-state index contributed by atoms with van der Waals surface area (Å²) in [6, 6.07) is 8.73. The minimum absolute atomic E-state index is 0.0629. The van der Waals surface area contributed by atoms with Gasteiger partial charge < -0.3 is 14.3 Å². The third-order valence-corrected chi connectivity index (χ3v) is 3.68. The molecule has 3 rings (SSSR count). The number of nitrogens with zero attached hydrogens (tertiary/aromatic N) is 1. The Bertz CT molecular complexity index is 951. The molecule has 1 heterocycles. The highest BCUT2D eigenvalue weighted by atomic mass is 19.1. The molecule has 3 aromatic rings. The summed E-state index contributed by atoms with van der Waals surface area (Å²) in [6.07, 6.45) is 4.64. The number of ether oxygens (including phenoxy) is 1. The highest BCUT2D eigenvalue weighted by Crippen LogP contribution is 2.24. The highest BCUT2D eigenvalue weighted by molar-refractivity contribution is 5.88. The number of phenolic OH excluding ortho intramolecular Hbond substituents is 1. The number of aromatic nitrogens is 1. The predicted octanol–water partition coefficient (Wildman–Crippen LogP) is 4.53. The largest absolute Gasteiger partial charge is 0.507 e. The Hall–Kier alpha value is -3.41. The van der Waals surface area contributed by atoms with Crippen LogP contribution in [0.2, 0.25) is 0 Å². The van der Waals surface area contributed by atoms with Crippen molar-refractivity contribution in [1.29, 1.82) is 0 Å². The van der Waals surface area contributed by atoms with Gasteiger partial charge in [0.2, 0.25) is 11.7 Å². The molecular weight excluding hydrogens is 337 g/mol. The Morgan fingerprint density at radius 1 is 1.15 bits per heavy atom. The van der Waals surface area contributed by atoms with Gasteiger partial charge in [0.1, 0.15) is 17.3 Å². The third kappa shape index (κ3) is 3.97. The van der Waals surface area contributed by atoms with Crippen LogP contribution in [-0.4, -0.2) is 16.1 Å². The zero-order valence-corrected chi connectivity index (χ0v) is 14.2. The molecule has 0 amide bonds. The minimum Gasteiger partial charge on any atom is -0.507 e. The van der Waals surface area contributed by atoms with Crippen molar-refractivity contribution in [3.63, 3.8) is 0 Å². The van der Waals surface area contributed by atoms with Gasteiger partial charge in [-0.1, -0.05) is 0 Å². The molecule has 6 heteroatoms. The van der Waals surface area contributed by atoms with Crippen LogP contribution in [0.1, 0.15) is 33.1 Å². The molecule has 0 radical (unpaired) electrons. The number of benzene rings is 2.